The van der Waals surface area contributed by atoms with Crippen LogP contribution in [-0.2, 0) is 14.3 Å². The summed E-state index contributed by atoms with van der Waals surface area (Å²) in [6, 6.07) is 0. The molecule has 0 bridgehead atoms. The molecule has 17 heavy (non-hydrogen) atoms. The largest absolute Gasteiger partial charge is 0.463 e. The maximum atomic E-state index is 12.6. The Hall–Kier alpha value is -1.18. The highest BCUT2D eigenvalue weighted by atomic mass is 35.5. The first-order valence-electron chi connectivity index (χ1n) is 4.56. The van der Waals surface area contributed by atoms with Crippen molar-refractivity contribution < 1.29 is 32.2 Å². The van der Waals surface area contributed by atoms with Crippen LogP contribution in [0.3, 0.4) is 0 Å². The van der Waals surface area contributed by atoms with Crippen LogP contribution in [0.2, 0.25) is 0 Å². The summed E-state index contributed by atoms with van der Waals surface area (Å²) in [5.41, 5.74) is 0. The number of hydrogen-bond donors (Lipinski definition) is 1. The summed E-state index contributed by atoms with van der Waals surface area (Å²) in [6.45, 7) is 2.21. The van der Waals surface area contributed by atoms with E-state index in [1.54, 1.807) is 0 Å². The molecule has 0 aromatic carbocycles. The quantitative estimate of drug-likeness (QED) is 0.483. The molecule has 0 aliphatic heterocycles. The van der Waals surface area contributed by atoms with Gasteiger partial charge in [-0.15, -0.1) is 0 Å². The number of alkyl carbamates (subject to hydrolysis) is 1. The Kier molecular flexibility index (Phi) is 5.53. The first-order valence-corrected chi connectivity index (χ1v) is 4.94. The molecule has 0 radical (unpaired) electrons. The Morgan fingerprint density at radius 1 is 1.18 bits per heavy atom. The van der Waals surface area contributed by atoms with Gasteiger partial charge in [0.1, 0.15) is 0 Å². The van der Waals surface area contributed by atoms with Crippen LogP contribution >= 0.6 is 11.6 Å². The monoisotopic (exact) mass is 277 g/mol. The van der Waals surface area contributed by atoms with Gasteiger partial charge in [0.25, 0.3) is 0 Å². The van der Waals surface area contributed by atoms with Gasteiger partial charge in [-0.25, -0.2) is 9.59 Å². The highest BCUT2D eigenvalue weighted by Crippen LogP contribution is 2.35. The average Bonchev–Trinajstić information content (AvgIpc) is 2.16. The molecule has 0 heterocycles. The van der Waals surface area contributed by atoms with E-state index in [4.69, 9.17) is 11.6 Å². The van der Waals surface area contributed by atoms with Gasteiger partial charge in [-0.05, 0) is 13.8 Å². The van der Waals surface area contributed by atoms with E-state index >= 15 is 0 Å². The number of ether oxygens (including phenoxy) is 2. The highest BCUT2D eigenvalue weighted by molar-refractivity contribution is 6.35. The second kappa shape index (κ2) is 5.95. The van der Waals surface area contributed by atoms with E-state index in [2.05, 4.69) is 9.47 Å². The van der Waals surface area contributed by atoms with Crippen LogP contribution in [0.5, 0.6) is 0 Å². The van der Waals surface area contributed by atoms with Gasteiger partial charge in [-0.3, -0.25) is 5.32 Å². The van der Waals surface area contributed by atoms with Crippen molar-refractivity contribution in [3.8, 4) is 0 Å². The summed E-state index contributed by atoms with van der Waals surface area (Å²) in [4.78, 5) is 18.4. The summed E-state index contributed by atoms with van der Waals surface area (Å²) in [5, 5.41) is 1.22. The Morgan fingerprint density at radius 3 is 2.00 bits per heavy atom. The molecule has 0 aromatic heterocycles. The Morgan fingerprint density at radius 2 is 1.65 bits per heavy atom. The summed E-state index contributed by atoms with van der Waals surface area (Å²) >= 11 is 5.06. The number of esters is 1. The standard InChI is InChI=1S/C8H11ClF3NO4/c1-3-16-5(14)7(9,8(10,11)12)13-6(15)17-4-2/h3-4H2,1-2H3,(H,13,15). The molecule has 9 heteroatoms. The van der Waals surface area contributed by atoms with E-state index in [0.29, 0.717) is 0 Å². The highest BCUT2D eigenvalue weighted by Gasteiger charge is 2.62. The molecular weight excluding hydrogens is 267 g/mol. The lowest BCUT2D eigenvalue weighted by molar-refractivity contribution is -0.192. The maximum Gasteiger partial charge on any atom is 0.437 e. The molecule has 0 aromatic rings. The minimum absolute atomic E-state index is 0.167. The summed E-state index contributed by atoms with van der Waals surface area (Å²) < 4.78 is 46.1. The number of rotatable bonds is 4. The minimum Gasteiger partial charge on any atom is -0.463 e. The molecule has 0 fully saturated rings. The lowest BCUT2D eigenvalue weighted by atomic mass is 10.3. The molecule has 100 valence electrons. The van der Waals surface area contributed by atoms with Crippen LogP contribution < -0.4 is 5.32 Å². The second-order valence-corrected chi connectivity index (χ2v) is 3.29. The van der Waals surface area contributed by atoms with Crippen LogP contribution in [0.4, 0.5) is 18.0 Å². The van der Waals surface area contributed by atoms with Gasteiger partial charge in [0.05, 0.1) is 13.2 Å². The Balaban J connectivity index is 4.99. The molecule has 1 N–H and O–H groups in total. The van der Waals surface area contributed by atoms with Gasteiger partial charge >= 0.3 is 23.2 Å². The van der Waals surface area contributed by atoms with Crippen LogP contribution in [0, 0.1) is 0 Å². The normalized spacial score (nSPS) is 14.7. The zero-order chi connectivity index (χ0) is 13.7. The van der Waals surface area contributed by atoms with Crippen LogP contribution in [-0.4, -0.2) is 36.5 Å². The van der Waals surface area contributed by atoms with Crippen molar-refractivity contribution in [3.05, 3.63) is 0 Å². The summed E-state index contributed by atoms with van der Waals surface area (Å²) in [7, 11) is 0. The first kappa shape index (κ1) is 15.8. The molecule has 0 aliphatic rings. The second-order valence-electron chi connectivity index (χ2n) is 2.72. The predicted octanol–water partition coefficient (Wildman–Crippen LogP) is 1.79. The van der Waals surface area contributed by atoms with Gasteiger partial charge < -0.3 is 9.47 Å². The van der Waals surface area contributed by atoms with Gasteiger partial charge in [-0.2, -0.15) is 13.2 Å². The lowest BCUT2D eigenvalue weighted by Gasteiger charge is -2.27. The fourth-order valence-electron chi connectivity index (χ4n) is 0.776. The number of carbonyl (C=O) groups is 2. The third-order valence-corrected chi connectivity index (χ3v) is 1.96. The van der Waals surface area contributed by atoms with Gasteiger partial charge in [0.15, 0.2) is 0 Å². The molecule has 0 saturated carbocycles. The number of hydrogen-bond acceptors (Lipinski definition) is 4. The zero-order valence-electron chi connectivity index (χ0n) is 9.06. The van der Waals surface area contributed by atoms with E-state index in [1.165, 1.54) is 19.2 Å². The zero-order valence-corrected chi connectivity index (χ0v) is 9.81. The third kappa shape index (κ3) is 3.95. The van der Waals surface area contributed by atoms with Crippen LogP contribution in [0.1, 0.15) is 13.8 Å². The number of carbonyl (C=O) groups excluding carboxylic acids is 2. The van der Waals surface area contributed by atoms with E-state index in [0.717, 1.165) is 0 Å². The smallest absolute Gasteiger partial charge is 0.437 e. The SMILES string of the molecule is CCOC(=O)NC(Cl)(C(=O)OCC)C(F)(F)F. The molecule has 1 amide bonds. The number of nitrogens with one attached hydrogen (secondary N) is 1. The maximum absolute atomic E-state index is 12.6. The molecule has 5 nitrogen and oxygen atoms in total. The van der Waals surface area contributed by atoms with Gasteiger partial charge in [0.2, 0.25) is 0 Å². The molecule has 1 unspecified atom stereocenters. The van der Waals surface area contributed by atoms with Crippen molar-refractivity contribution in [2.24, 2.45) is 0 Å². The predicted molar refractivity (Wildman–Crippen MR) is 51.4 cm³/mol. The van der Waals surface area contributed by atoms with Crippen LogP contribution in [0.15, 0.2) is 0 Å². The first-order chi connectivity index (χ1) is 7.69. The Labute approximate surface area is 100 Å². The van der Waals surface area contributed by atoms with Gasteiger partial charge in [0, 0.05) is 0 Å². The number of halogens is 4. The summed E-state index contributed by atoms with van der Waals surface area (Å²) in [6.07, 6.45) is -6.68. The average molecular weight is 278 g/mol. The van der Waals surface area contributed by atoms with E-state index in [1.807, 2.05) is 0 Å². The van der Waals surface area contributed by atoms with E-state index in [9.17, 15) is 22.8 Å². The molecule has 0 saturated heterocycles. The van der Waals surface area contributed by atoms with Crippen molar-refractivity contribution in [1.29, 1.82) is 0 Å². The van der Waals surface area contributed by atoms with Crippen molar-refractivity contribution in [2.45, 2.75) is 25.0 Å². The third-order valence-electron chi connectivity index (χ3n) is 1.50. The van der Waals surface area contributed by atoms with Crippen molar-refractivity contribution in [3.63, 3.8) is 0 Å². The fraction of sp³-hybridized carbons (Fsp3) is 0.750. The molecular formula is C8H11ClF3NO4. The minimum atomic E-state index is -5.21. The Bertz CT molecular complexity index is 297. The van der Waals surface area contributed by atoms with Crippen molar-refractivity contribution in [1.82, 2.24) is 5.32 Å². The van der Waals surface area contributed by atoms with Crippen molar-refractivity contribution >= 4 is 23.7 Å². The molecule has 1 atom stereocenters. The number of amides is 1. The molecule has 0 rings (SSSR count). The van der Waals surface area contributed by atoms with Gasteiger partial charge in [-0.1, -0.05) is 11.6 Å². The van der Waals surface area contributed by atoms with E-state index in [-0.39, 0.29) is 13.2 Å². The van der Waals surface area contributed by atoms with Crippen LogP contribution in [0.25, 0.3) is 0 Å². The van der Waals surface area contributed by atoms with E-state index < -0.39 is 23.2 Å². The topological polar surface area (TPSA) is 64.6 Å². The molecule has 0 spiro atoms. The number of alkyl halides is 4. The summed E-state index contributed by atoms with van der Waals surface area (Å²) in [5.74, 6) is -1.82. The lowest BCUT2D eigenvalue weighted by Crippen LogP contribution is -2.60. The van der Waals surface area contributed by atoms with Crippen molar-refractivity contribution in [2.75, 3.05) is 13.2 Å². The fourth-order valence-corrected chi connectivity index (χ4v) is 0.908. The molecule has 0 aliphatic carbocycles.